The van der Waals surface area contributed by atoms with Crippen LogP contribution in [0.25, 0.3) is 11.1 Å². The van der Waals surface area contributed by atoms with Crippen molar-refractivity contribution in [3.8, 4) is 17.0 Å². The van der Waals surface area contributed by atoms with E-state index in [-0.39, 0.29) is 5.15 Å². The lowest BCUT2D eigenvalue weighted by molar-refractivity contribution is 0.395. The molecule has 0 radical (unpaired) electrons. The highest BCUT2D eigenvalue weighted by Crippen LogP contribution is 2.38. The first-order valence-electron chi connectivity index (χ1n) is 4.85. The number of nitrogens with zero attached hydrogens (tertiary/aromatic N) is 2. The van der Waals surface area contributed by atoms with Crippen molar-refractivity contribution in [1.82, 2.24) is 9.97 Å². The van der Waals surface area contributed by atoms with Crippen molar-refractivity contribution in [3.63, 3.8) is 0 Å². The highest BCUT2D eigenvalue weighted by molar-refractivity contribution is 9.10. The van der Waals surface area contributed by atoms with E-state index < -0.39 is 0 Å². The molecule has 2 N–H and O–H groups in total. The molecule has 0 saturated carbocycles. The van der Waals surface area contributed by atoms with Crippen LogP contribution in [-0.4, -0.2) is 17.1 Å². The molecule has 0 amide bonds. The topological polar surface area (TPSA) is 61.0 Å². The third kappa shape index (κ3) is 2.39. The zero-order valence-corrected chi connectivity index (χ0v) is 12.3. The molecule has 0 aliphatic rings. The maximum Gasteiger partial charge on any atom is 0.229 e. The van der Waals surface area contributed by atoms with Gasteiger partial charge in [0.1, 0.15) is 14.8 Å². The van der Waals surface area contributed by atoms with Crippen molar-refractivity contribution < 1.29 is 4.74 Å². The van der Waals surface area contributed by atoms with Gasteiger partial charge >= 0.3 is 0 Å². The number of rotatable bonds is 2. The molecule has 2 aromatic heterocycles. The summed E-state index contributed by atoms with van der Waals surface area (Å²) in [5.74, 6) is 0.411. The molecule has 2 rings (SSSR count). The Kier molecular flexibility index (Phi) is 3.94. The van der Waals surface area contributed by atoms with Crippen LogP contribution < -0.4 is 10.5 Å². The van der Waals surface area contributed by atoms with Crippen LogP contribution in [-0.2, 0) is 0 Å². The minimum Gasteiger partial charge on any atom is -0.480 e. The predicted molar refractivity (Wildman–Crippen MR) is 76.2 cm³/mol. The normalized spacial score (nSPS) is 10.4. The third-order valence-electron chi connectivity index (χ3n) is 2.32. The van der Waals surface area contributed by atoms with E-state index >= 15 is 0 Å². The van der Waals surface area contributed by atoms with Crippen molar-refractivity contribution in [1.29, 1.82) is 0 Å². The zero-order valence-electron chi connectivity index (χ0n) is 9.25. The van der Waals surface area contributed by atoms with Crippen molar-refractivity contribution in [3.05, 3.63) is 33.1 Å². The van der Waals surface area contributed by atoms with Gasteiger partial charge in [-0.25, -0.2) is 9.97 Å². The molecule has 0 saturated heterocycles. The molecule has 0 fully saturated rings. The molecule has 4 nitrogen and oxygen atoms in total. The molecule has 2 aromatic rings. The van der Waals surface area contributed by atoms with Gasteiger partial charge in [0.05, 0.1) is 12.8 Å². The van der Waals surface area contributed by atoms with Crippen molar-refractivity contribution >= 4 is 44.8 Å². The number of aromatic nitrogens is 2. The van der Waals surface area contributed by atoms with E-state index in [4.69, 9.17) is 33.7 Å². The molecule has 2 heterocycles. The van der Waals surface area contributed by atoms with E-state index in [1.54, 1.807) is 18.3 Å². The summed E-state index contributed by atoms with van der Waals surface area (Å²) in [5.41, 5.74) is 7.82. The summed E-state index contributed by atoms with van der Waals surface area (Å²) in [5, 5.41) is 0.593. The van der Waals surface area contributed by atoms with Crippen molar-refractivity contribution in [2.45, 2.75) is 0 Å². The van der Waals surface area contributed by atoms with Gasteiger partial charge in [0.2, 0.25) is 5.88 Å². The number of hydrogen-bond donors (Lipinski definition) is 1. The number of hydrogen-bond acceptors (Lipinski definition) is 4. The van der Waals surface area contributed by atoms with Gasteiger partial charge in [-0.15, -0.1) is 0 Å². The Labute approximate surface area is 122 Å². The van der Waals surface area contributed by atoms with E-state index in [0.29, 0.717) is 32.3 Å². The molecule has 0 atom stereocenters. The molecule has 0 bridgehead atoms. The summed E-state index contributed by atoms with van der Waals surface area (Å²) in [7, 11) is 1.52. The molecular weight excluding hydrogens is 341 g/mol. The first-order chi connectivity index (χ1) is 8.54. The van der Waals surface area contributed by atoms with E-state index in [9.17, 15) is 0 Å². The number of methoxy groups -OCH3 is 1. The van der Waals surface area contributed by atoms with Crippen molar-refractivity contribution in [2.24, 2.45) is 0 Å². The molecule has 0 unspecified atom stereocenters. The monoisotopic (exact) mass is 347 g/mol. The number of halogens is 3. The molecular formula is C11H8BrCl2N3O. The second-order valence-electron chi connectivity index (χ2n) is 3.38. The highest BCUT2D eigenvalue weighted by atomic mass is 79.9. The fraction of sp³-hybridized carbons (Fsp3) is 0.0909. The molecule has 0 aliphatic carbocycles. The summed E-state index contributed by atoms with van der Waals surface area (Å²) < 4.78 is 5.64. The van der Waals surface area contributed by atoms with Crippen LogP contribution in [0.3, 0.4) is 0 Å². The number of pyridine rings is 2. The number of nitrogen functional groups attached to an aromatic ring is 1. The molecule has 7 heteroatoms. The predicted octanol–water partition coefficient (Wildman–Crippen LogP) is 3.80. The first kappa shape index (κ1) is 13.4. The van der Waals surface area contributed by atoms with E-state index in [2.05, 4.69) is 25.9 Å². The van der Waals surface area contributed by atoms with Gasteiger partial charge in [0, 0.05) is 17.3 Å². The van der Waals surface area contributed by atoms with Crippen molar-refractivity contribution in [2.75, 3.05) is 12.8 Å². The van der Waals surface area contributed by atoms with Crippen LogP contribution in [0.15, 0.2) is 22.8 Å². The van der Waals surface area contributed by atoms with Crippen LogP contribution in [0.5, 0.6) is 5.88 Å². The Morgan fingerprint density at radius 2 is 2.00 bits per heavy atom. The number of anilines is 1. The smallest absolute Gasteiger partial charge is 0.229 e. The maximum atomic E-state index is 6.04. The minimum atomic E-state index is 0.271. The fourth-order valence-electron chi connectivity index (χ4n) is 1.45. The summed E-state index contributed by atoms with van der Waals surface area (Å²) in [6.07, 6.45) is 1.58. The fourth-order valence-corrected chi connectivity index (χ4v) is 2.38. The second-order valence-corrected chi connectivity index (χ2v) is 4.92. The average molecular weight is 349 g/mol. The van der Waals surface area contributed by atoms with Gasteiger partial charge in [0.25, 0.3) is 0 Å². The molecule has 0 aromatic carbocycles. The highest BCUT2D eigenvalue weighted by Gasteiger charge is 2.15. The Morgan fingerprint density at radius 1 is 1.28 bits per heavy atom. The average Bonchev–Trinajstić information content (AvgIpc) is 2.34. The lowest BCUT2D eigenvalue weighted by Crippen LogP contribution is -1.98. The second kappa shape index (κ2) is 5.30. The summed E-state index contributed by atoms with van der Waals surface area (Å²) in [4.78, 5) is 8.09. The van der Waals surface area contributed by atoms with Crippen LogP contribution in [0, 0.1) is 0 Å². The lowest BCUT2D eigenvalue weighted by Gasteiger charge is -2.11. The summed E-state index contributed by atoms with van der Waals surface area (Å²) >= 11 is 15.1. The van der Waals surface area contributed by atoms with Gasteiger partial charge in [-0.1, -0.05) is 23.2 Å². The van der Waals surface area contributed by atoms with E-state index in [1.165, 1.54) is 7.11 Å². The Balaban J connectivity index is 2.61. The third-order valence-corrected chi connectivity index (χ3v) is 3.59. The SMILES string of the molecule is COc1ncc(-c2ccc(Cl)nc2Cl)c(N)c1Br. The first-order valence-corrected chi connectivity index (χ1v) is 6.40. The van der Waals surface area contributed by atoms with E-state index in [1.807, 2.05) is 0 Å². The van der Waals surface area contributed by atoms with E-state index in [0.717, 1.165) is 0 Å². The zero-order chi connectivity index (χ0) is 13.3. The van der Waals surface area contributed by atoms with Gasteiger partial charge in [-0.3, -0.25) is 0 Å². The van der Waals surface area contributed by atoms with Gasteiger partial charge in [-0.2, -0.15) is 0 Å². The van der Waals surface area contributed by atoms with Crippen LogP contribution >= 0.6 is 39.1 Å². The summed E-state index contributed by atoms with van der Waals surface area (Å²) in [6.45, 7) is 0. The van der Waals surface area contributed by atoms with Crippen LogP contribution in [0.4, 0.5) is 5.69 Å². The molecule has 0 aliphatic heterocycles. The quantitative estimate of drug-likeness (QED) is 0.838. The van der Waals surface area contributed by atoms with Crippen LogP contribution in [0.2, 0.25) is 10.3 Å². The van der Waals surface area contributed by atoms with Crippen LogP contribution in [0.1, 0.15) is 0 Å². The standard InChI is InChI=1S/C11H8BrCl2N3O/c1-18-11-8(12)9(15)6(4-16-11)5-2-3-7(13)17-10(5)14/h2-4H,1H3,(H2,15,16). The Morgan fingerprint density at radius 3 is 2.61 bits per heavy atom. The molecule has 18 heavy (non-hydrogen) atoms. The van der Waals surface area contributed by atoms with Gasteiger partial charge in [-0.05, 0) is 28.1 Å². The largest absolute Gasteiger partial charge is 0.480 e. The molecule has 0 spiro atoms. The Bertz CT molecular complexity index is 607. The molecule has 94 valence electrons. The van der Waals surface area contributed by atoms with Gasteiger partial charge in [0.15, 0.2) is 0 Å². The van der Waals surface area contributed by atoms with Gasteiger partial charge < -0.3 is 10.5 Å². The maximum absolute atomic E-state index is 6.04. The summed E-state index contributed by atoms with van der Waals surface area (Å²) in [6, 6.07) is 3.38. The number of nitrogens with two attached hydrogens (primary N) is 1. The Hall–Kier alpha value is -1.04. The number of ether oxygens (including phenoxy) is 1. The lowest BCUT2D eigenvalue weighted by atomic mass is 10.1. The minimum absolute atomic E-state index is 0.271.